The standard InChI is InChI=1S/C28H30N3O2/c1-18-5-3-6-19(13-18)17-33-22-11-12-31(27(32)16-22)21-9-10-23-25(15-21)30(2)26-14-20-7-4-8-24(29-20)28(23)26/h3,5-6,9-12,15-16,18,20,24,29H,2,4,7-8,13-14,17H2,1H3/q-1. The van der Waals surface area contributed by atoms with E-state index in [1.165, 1.54) is 41.5 Å². The number of nitrogens with zero attached hydrogens (tertiary/aromatic N) is 2. The van der Waals surface area contributed by atoms with Gasteiger partial charge in [-0.2, -0.15) is 0 Å². The summed E-state index contributed by atoms with van der Waals surface area (Å²) >= 11 is 0. The highest BCUT2D eigenvalue weighted by Crippen LogP contribution is 2.40. The van der Waals surface area contributed by atoms with Crippen molar-refractivity contribution in [2.75, 3.05) is 6.61 Å². The number of ether oxygens (including phenoxy) is 1. The molecule has 1 saturated heterocycles. The van der Waals surface area contributed by atoms with Crippen LogP contribution in [0.2, 0.25) is 0 Å². The summed E-state index contributed by atoms with van der Waals surface area (Å²) in [5.41, 5.74) is 5.84. The fraction of sp³-hybridized carbons (Fsp3) is 0.357. The Kier molecular flexibility index (Phi) is 4.95. The van der Waals surface area contributed by atoms with E-state index in [-0.39, 0.29) is 5.56 Å². The maximum Gasteiger partial charge on any atom is 0.258 e. The van der Waals surface area contributed by atoms with Gasteiger partial charge in [-0.3, -0.25) is 9.36 Å². The van der Waals surface area contributed by atoms with Crippen LogP contribution in [0.3, 0.4) is 0 Å². The van der Waals surface area contributed by atoms with Gasteiger partial charge in [0.1, 0.15) is 12.4 Å². The third-order valence-corrected chi connectivity index (χ3v) is 7.42. The maximum atomic E-state index is 12.9. The lowest BCUT2D eigenvalue weighted by Crippen LogP contribution is -2.42. The molecular weight excluding hydrogens is 410 g/mol. The molecular formula is C28H30N3O2-. The van der Waals surface area contributed by atoms with Crippen LogP contribution in [-0.2, 0) is 6.42 Å². The van der Waals surface area contributed by atoms with E-state index in [2.05, 4.69) is 54.2 Å². The zero-order valence-electron chi connectivity index (χ0n) is 19.1. The van der Waals surface area contributed by atoms with E-state index in [1.54, 1.807) is 16.8 Å². The number of hydrogen-bond donors (Lipinski definition) is 1. The van der Waals surface area contributed by atoms with Crippen molar-refractivity contribution in [3.05, 3.63) is 89.0 Å². The molecule has 0 amide bonds. The van der Waals surface area contributed by atoms with Crippen LogP contribution in [0.5, 0.6) is 5.75 Å². The van der Waals surface area contributed by atoms with E-state index < -0.39 is 0 Å². The Labute approximate surface area is 194 Å². The van der Waals surface area contributed by atoms with Gasteiger partial charge in [-0.25, -0.2) is 0 Å². The fourth-order valence-electron chi connectivity index (χ4n) is 5.80. The van der Waals surface area contributed by atoms with Gasteiger partial charge >= 0.3 is 0 Å². The molecule has 0 saturated carbocycles. The molecule has 3 atom stereocenters. The Balaban J connectivity index is 1.29. The van der Waals surface area contributed by atoms with E-state index in [9.17, 15) is 4.79 Å². The van der Waals surface area contributed by atoms with Gasteiger partial charge < -0.3 is 14.6 Å². The highest BCUT2D eigenvalue weighted by atomic mass is 16.5. The normalized spacial score (nSPS) is 23.9. The molecule has 5 nitrogen and oxygen atoms in total. The van der Waals surface area contributed by atoms with Crippen LogP contribution in [0.4, 0.5) is 0 Å². The van der Waals surface area contributed by atoms with Crippen molar-refractivity contribution < 1.29 is 4.74 Å². The van der Waals surface area contributed by atoms with E-state index in [0.29, 0.717) is 30.4 Å². The van der Waals surface area contributed by atoms with Crippen molar-refractivity contribution in [1.29, 1.82) is 0 Å². The average molecular weight is 441 g/mol. The Bertz CT molecular complexity index is 1340. The number of piperidine rings is 1. The Morgan fingerprint density at radius 3 is 2.94 bits per heavy atom. The molecule has 4 heterocycles. The number of hydrogen-bond acceptors (Lipinski definition) is 3. The van der Waals surface area contributed by atoms with Crippen LogP contribution in [-0.4, -0.2) is 21.8 Å². The summed E-state index contributed by atoms with van der Waals surface area (Å²) < 4.78 is 9.69. The van der Waals surface area contributed by atoms with Gasteiger partial charge in [-0.05, 0) is 49.3 Å². The molecule has 1 N–H and O–H groups in total. The fourth-order valence-corrected chi connectivity index (χ4v) is 5.80. The van der Waals surface area contributed by atoms with Gasteiger partial charge in [0.2, 0.25) is 0 Å². The maximum absolute atomic E-state index is 12.9. The van der Waals surface area contributed by atoms with Gasteiger partial charge in [-0.1, -0.05) is 65.9 Å². The molecule has 1 aromatic carbocycles. The summed E-state index contributed by atoms with van der Waals surface area (Å²) in [4.78, 5) is 12.9. The molecule has 1 aliphatic carbocycles. The Morgan fingerprint density at radius 1 is 1.18 bits per heavy atom. The topological polar surface area (TPSA) is 48.2 Å². The van der Waals surface area contributed by atoms with E-state index >= 15 is 0 Å². The molecule has 2 bridgehead atoms. The van der Waals surface area contributed by atoms with Crippen LogP contribution >= 0.6 is 0 Å². The summed E-state index contributed by atoms with van der Waals surface area (Å²) in [5, 5.41) is 5.04. The molecule has 0 spiro atoms. The lowest BCUT2D eigenvalue weighted by atomic mass is 9.84. The Hall–Kier alpha value is -3.18. The third kappa shape index (κ3) is 3.61. The summed E-state index contributed by atoms with van der Waals surface area (Å²) in [6, 6.07) is 10.7. The third-order valence-electron chi connectivity index (χ3n) is 7.42. The summed E-state index contributed by atoms with van der Waals surface area (Å²) in [7, 11) is 4.37. The molecule has 5 heteroatoms. The zero-order valence-corrected chi connectivity index (χ0v) is 19.1. The lowest BCUT2D eigenvalue weighted by Gasteiger charge is -2.39. The van der Waals surface area contributed by atoms with Crippen molar-refractivity contribution in [3.63, 3.8) is 0 Å². The van der Waals surface area contributed by atoms with Crippen molar-refractivity contribution in [2.45, 2.75) is 51.1 Å². The number of aromatic nitrogens is 2. The molecule has 3 unspecified atom stereocenters. The van der Waals surface area contributed by atoms with Gasteiger partial charge in [0.25, 0.3) is 5.56 Å². The van der Waals surface area contributed by atoms with Crippen LogP contribution in [0.15, 0.2) is 65.1 Å². The van der Waals surface area contributed by atoms with Crippen molar-refractivity contribution in [1.82, 2.24) is 14.5 Å². The average Bonchev–Trinajstić information content (AvgIpc) is 3.09. The van der Waals surface area contributed by atoms with Gasteiger partial charge in [0.15, 0.2) is 0 Å². The van der Waals surface area contributed by atoms with Crippen LogP contribution in [0.1, 0.15) is 49.9 Å². The second kappa shape index (κ2) is 7.99. The first-order chi connectivity index (χ1) is 16.1. The lowest BCUT2D eigenvalue weighted by molar-refractivity contribution is 0.300. The molecule has 1 fully saturated rings. The smallest absolute Gasteiger partial charge is 0.258 e. The number of benzene rings is 1. The summed E-state index contributed by atoms with van der Waals surface area (Å²) in [6.07, 6.45) is 13.9. The van der Waals surface area contributed by atoms with Crippen molar-refractivity contribution in [3.8, 4) is 11.4 Å². The monoisotopic (exact) mass is 440 g/mol. The molecule has 6 rings (SSSR count). The minimum absolute atomic E-state index is 0.0952. The Morgan fingerprint density at radius 2 is 2.09 bits per heavy atom. The van der Waals surface area contributed by atoms with E-state index in [0.717, 1.165) is 24.0 Å². The number of pyridine rings is 1. The first-order valence-electron chi connectivity index (χ1n) is 12.0. The molecule has 2 aromatic heterocycles. The number of allylic oxidation sites excluding steroid dienone is 3. The first kappa shape index (κ1) is 20.4. The minimum atomic E-state index is -0.0952. The number of nitrogens with one attached hydrogen (secondary N) is 1. The summed E-state index contributed by atoms with van der Waals surface area (Å²) in [6.45, 7) is 2.71. The molecule has 3 aliphatic rings. The second-order valence-corrected chi connectivity index (χ2v) is 9.79. The molecule has 33 heavy (non-hydrogen) atoms. The van der Waals surface area contributed by atoms with Crippen molar-refractivity contribution in [2.24, 2.45) is 5.92 Å². The highest BCUT2D eigenvalue weighted by molar-refractivity contribution is 5.88. The first-order valence-corrected chi connectivity index (χ1v) is 12.0. The highest BCUT2D eigenvalue weighted by Gasteiger charge is 2.29. The largest absolute Gasteiger partial charge is 0.489 e. The molecule has 0 radical (unpaired) electrons. The number of rotatable bonds is 4. The van der Waals surface area contributed by atoms with E-state index in [4.69, 9.17) is 4.74 Å². The van der Waals surface area contributed by atoms with Crippen LogP contribution in [0.25, 0.3) is 16.6 Å². The van der Waals surface area contributed by atoms with Gasteiger partial charge in [0.05, 0.1) is 0 Å². The second-order valence-electron chi connectivity index (χ2n) is 9.79. The molecule has 2 aliphatic heterocycles. The van der Waals surface area contributed by atoms with Gasteiger partial charge in [0, 0.05) is 30.0 Å². The van der Waals surface area contributed by atoms with Crippen LogP contribution in [0, 0.1) is 13.0 Å². The van der Waals surface area contributed by atoms with E-state index in [1.807, 2.05) is 12.1 Å². The quantitative estimate of drug-likeness (QED) is 0.576. The predicted molar refractivity (Wildman–Crippen MR) is 132 cm³/mol. The van der Waals surface area contributed by atoms with Crippen molar-refractivity contribution >= 4 is 10.9 Å². The number of fused-ring (bicyclic) bond motifs is 6. The summed E-state index contributed by atoms with van der Waals surface area (Å²) in [5.74, 6) is 1.14. The SMILES string of the molecule is [CH2-]n1c2c(c3ccc(-n4ccc(OCC5=CC=CC(C)C5)cc4=O)cc31)C1CCCC(C2)N1. The zero-order chi connectivity index (χ0) is 22.5. The van der Waals surface area contributed by atoms with Crippen LogP contribution < -0.4 is 15.6 Å². The predicted octanol–water partition coefficient (Wildman–Crippen LogP) is 5.07. The minimum Gasteiger partial charge on any atom is -0.489 e. The van der Waals surface area contributed by atoms with Gasteiger partial charge in [-0.15, -0.1) is 7.05 Å². The molecule has 3 aromatic rings. The molecule has 170 valence electrons.